The molecule has 2 aliphatic rings. The van der Waals surface area contributed by atoms with Gasteiger partial charge in [-0.3, -0.25) is 4.79 Å². The van der Waals surface area contributed by atoms with Crippen LogP contribution in [0.4, 0.5) is 21.7 Å². The minimum Gasteiger partial charge on any atom is -0.478 e. The highest BCUT2D eigenvalue weighted by Crippen LogP contribution is 2.40. The first kappa shape index (κ1) is 21.3. The second-order valence-corrected chi connectivity index (χ2v) is 8.71. The van der Waals surface area contributed by atoms with Gasteiger partial charge in [0.1, 0.15) is 0 Å². The fourth-order valence-corrected chi connectivity index (χ4v) is 4.42. The first-order chi connectivity index (χ1) is 15.9. The summed E-state index contributed by atoms with van der Waals surface area (Å²) in [5.41, 5.74) is 5.90. The van der Waals surface area contributed by atoms with Gasteiger partial charge in [-0.2, -0.15) is 0 Å². The van der Waals surface area contributed by atoms with E-state index in [4.69, 9.17) is 4.74 Å². The van der Waals surface area contributed by atoms with Crippen molar-refractivity contribution in [3.63, 3.8) is 0 Å². The van der Waals surface area contributed by atoms with E-state index >= 15 is 0 Å². The lowest BCUT2D eigenvalue weighted by atomic mass is 10.0. The zero-order chi connectivity index (χ0) is 23.1. The Kier molecular flexibility index (Phi) is 5.46. The Hall–Kier alpha value is -3.52. The summed E-state index contributed by atoms with van der Waals surface area (Å²) in [4.78, 5) is 23.1. The molecule has 0 radical (unpaired) electrons. The molecular weight excluding hydrogens is 421 g/mol. The monoisotopic (exact) mass is 447 g/mol. The second-order valence-electron chi connectivity index (χ2n) is 8.71. The van der Waals surface area contributed by atoms with Crippen molar-refractivity contribution in [2.45, 2.75) is 39.8 Å². The molecule has 3 heterocycles. The molecule has 1 amide bonds. The third-order valence-electron chi connectivity index (χ3n) is 6.00. The maximum atomic E-state index is 15.0. The van der Waals surface area contributed by atoms with Crippen molar-refractivity contribution < 1.29 is 13.9 Å². The van der Waals surface area contributed by atoms with Crippen molar-refractivity contribution in [2.75, 3.05) is 23.4 Å². The van der Waals surface area contributed by atoms with E-state index in [1.807, 2.05) is 26.8 Å². The number of fused-ring (bicyclic) bond motifs is 2. The molecule has 0 aliphatic carbocycles. The SMILES string of the molecule is Cc1cnc(Nc2ccc3c(c2)CCNC3)nc1-c1cc(F)c2c(c1)N(C(C)C)C(=O)CO2. The quantitative estimate of drug-likeness (QED) is 0.627. The molecular formula is C25H26FN5O2. The van der Waals surface area contributed by atoms with Gasteiger partial charge in [-0.25, -0.2) is 14.4 Å². The van der Waals surface area contributed by atoms with Crippen LogP contribution in [0.15, 0.2) is 36.5 Å². The predicted octanol–water partition coefficient (Wildman–Crippen LogP) is 4.11. The van der Waals surface area contributed by atoms with Crippen LogP contribution >= 0.6 is 0 Å². The van der Waals surface area contributed by atoms with Gasteiger partial charge in [0.05, 0.1) is 11.4 Å². The molecule has 0 fully saturated rings. The first-order valence-corrected chi connectivity index (χ1v) is 11.1. The Morgan fingerprint density at radius 1 is 1.21 bits per heavy atom. The van der Waals surface area contributed by atoms with E-state index in [0.29, 0.717) is 22.9 Å². The Labute approximate surface area is 192 Å². The van der Waals surface area contributed by atoms with Gasteiger partial charge in [-0.15, -0.1) is 0 Å². The largest absolute Gasteiger partial charge is 0.478 e. The van der Waals surface area contributed by atoms with Crippen LogP contribution in [-0.2, 0) is 17.8 Å². The third-order valence-corrected chi connectivity index (χ3v) is 6.00. The standard InChI is InChI=1S/C25H26FN5O2/c1-14(2)31-21-10-18(9-20(26)24(21)33-13-22(31)32)23-15(3)11-28-25(30-23)29-19-5-4-17-12-27-7-6-16(17)8-19/h4-5,8-11,14,27H,6-7,12-13H2,1-3H3,(H,28,29,30). The van der Waals surface area contributed by atoms with Crippen molar-refractivity contribution in [2.24, 2.45) is 0 Å². The molecule has 0 atom stereocenters. The third kappa shape index (κ3) is 4.02. The van der Waals surface area contributed by atoms with Crippen molar-refractivity contribution in [3.8, 4) is 17.0 Å². The number of hydrogen-bond acceptors (Lipinski definition) is 6. The van der Waals surface area contributed by atoms with Gasteiger partial charge in [0.15, 0.2) is 18.2 Å². The molecule has 0 spiro atoms. The zero-order valence-electron chi connectivity index (χ0n) is 18.9. The first-order valence-electron chi connectivity index (χ1n) is 11.1. The van der Waals surface area contributed by atoms with Crippen molar-refractivity contribution in [1.29, 1.82) is 0 Å². The summed E-state index contributed by atoms with van der Waals surface area (Å²) in [5, 5.41) is 6.65. The molecule has 0 bridgehead atoms. The van der Waals surface area contributed by atoms with Crippen LogP contribution in [-0.4, -0.2) is 35.1 Å². The molecule has 0 unspecified atom stereocenters. The lowest BCUT2D eigenvalue weighted by molar-refractivity contribution is -0.121. The van der Waals surface area contributed by atoms with Gasteiger partial charge in [0, 0.05) is 30.0 Å². The zero-order valence-corrected chi connectivity index (χ0v) is 18.9. The Morgan fingerprint density at radius 2 is 2.06 bits per heavy atom. The summed E-state index contributed by atoms with van der Waals surface area (Å²) in [6.07, 6.45) is 2.69. The van der Waals surface area contributed by atoms with Crippen LogP contribution in [0.1, 0.15) is 30.5 Å². The summed E-state index contributed by atoms with van der Waals surface area (Å²) in [6.45, 7) is 7.34. The maximum Gasteiger partial charge on any atom is 0.265 e. The average molecular weight is 448 g/mol. The summed E-state index contributed by atoms with van der Waals surface area (Å²) in [7, 11) is 0. The number of amides is 1. The molecule has 2 aliphatic heterocycles. The van der Waals surface area contributed by atoms with Crippen LogP contribution in [0.25, 0.3) is 11.3 Å². The van der Waals surface area contributed by atoms with Crippen LogP contribution in [0.3, 0.4) is 0 Å². The topological polar surface area (TPSA) is 79.4 Å². The summed E-state index contributed by atoms with van der Waals surface area (Å²) in [5.74, 6) is -0.189. The number of ether oxygens (including phenoxy) is 1. The maximum absolute atomic E-state index is 15.0. The van der Waals surface area contributed by atoms with Gasteiger partial charge in [-0.05, 0) is 74.7 Å². The van der Waals surface area contributed by atoms with E-state index < -0.39 is 5.82 Å². The van der Waals surface area contributed by atoms with Gasteiger partial charge in [-0.1, -0.05) is 6.07 Å². The van der Waals surface area contributed by atoms with Crippen LogP contribution in [0.2, 0.25) is 0 Å². The average Bonchev–Trinajstić information content (AvgIpc) is 2.79. The highest BCUT2D eigenvalue weighted by atomic mass is 19.1. The normalized spacial score (nSPS) is 15.2. The minimum absolute atomic E-state index is 0.0978. The molecule has 0 saturated carbocycles. The number of halogens is 1. The number of carbonyl (C=O) groups is 1. The molecule has 2 N–H and O–H groups in total. The van der Waals surface area contributed by atoms with Crippen LogP contribution < -0.4 is 20.3 Å². The van der Waals surface area contributed by atoms with Gasteiger partial charge in [0.2, 0.25) is 5.95 Å². The molecule has 7 nitrogen and oxygen atoms in total. The summed E-state index contributed by atoms with van der Waals surface area (Å²) < 4.78 is 20.4. The number of hydrogen-bond donors (Lipinski definition) is 2. The van der Waals surface area contributed by atoms with Gasteiger partial charge < -0.3 is 20.3 Å². The van der Waals surface area contributed by atoms with Crippen LogP contribution in [0, 0.1) is 12.7 Å². The Morgan fingerprint density at radius 3 is 2.88 bits per heavy atom. The number of carbonyl (C=O) groups excluding carboxylic acids is 1. The van der Waals surface area contributed by atoms with Gasteiger partial charge >= 0.3 is 0 Å². The smallest absolute Gasteiger partial charge is 0.265 e. The number of nitrogens with zero attached hydrogens (tertiary/aromatic N) is 3. The lowest BCUT2D eigenvalue weighted by Crippen LogP contribution is -2.43. The van der Waals surface area contributed by atoms with Gasteiger partial charge in [0.25, 0.3) is 5.91 Å². The van der Waals surface area contributed by atoms with Crippen LogP contribution in [0.5, 0.6) is 5.75 Å². The number of nitrogens with one attached hydrogen (secondary N) is 2. The van der Waals surface area contributed by atoms with E-state index in [-0.39, 0.29) is 24.3 Å². The molecule has 0 saturated heterocycles. The number of anilines is 3. The number of benzene rings is 2. The van der Waals surface area contributed by atoms with E-state index in [2.05, 4.69) is 32.7 Å². The Balaban J connectivity index is 1.51. The minimum atomic E-state index is -0.517. The molecule has 5 rings (SSSR count). The van der Waals surface area contributed by atoms with E-state index in [9.17, 15) is 9.18 Å². The van der Waals surface area contributed by atoms with E-state index in [1.54, 1.807) is 17.2 Å². The highest BCUT2D eigenvalue weighted by molar-refractivity contribution is 5.99. The fourth-order valence-electron chi connectivity index (χ4n) is 4.42. The number of rotatable bonds is 4. The molecule has 33 heavy (non-hydrogen) atoms. The van der Waals surface area contributed by atoms with Crippen molar-refractivity contribution in [3.05, 3.63) is 59.0 Å². The molecule has 8 heteroatoms. The summed E-state index contributed by atoms with van der Waals surface area (Å²) >= 11 is 0. The molecule has 3 aromatic rings. The number of aryl methyl sites for hydroxylation is 1. The summed E-state index contributed by atoms with van der Waals surface area (Å²) in [6, 6.07) is 9.28. The van der Waals surface area contributed by atoms with E-state index in [1.165, 1.54) is 17.2 Å². The Bertz CT molecular complexity index is 1240. The van der Waals surface area contributed by atoms with E-state index in [0.717, 1.165) is 30.8 Å². The second kappa shape index (κ2) is 8.44. The molecule has 170 valence electrons. The van der Waals surface area contributed by atoms with Crippen molar-refractivity contribution >= 4 is 23.2 Å². The highest BCUT2D eigenvalue weighted by Gasteiger charge is 2.31. The number of aromatic nitrogens is 2. The molecule has 2 aromatic carbocycles. The molecule has 1 aromatic heterocycles. The van der Waals surface area contributed by atoms with Crippen molar-refractivity contribution in [1.82, 2.24) is 15.3 Å². The predicted molar refractivity (Wildman–Crippen MR) is 125 cm³/mol. The lowest BCUT2D eigenvalue weighted by Gasteiger charge is -2.33. The fraction of sp³-hybridized carbons (Fsp3) is 0.320.